The molecule has 5 N–H and O–H groups in total. The first-order valence-corrected chi connectivity index (χ1v) is 12.6. The summed E-state index contributed by atoms with van der Waals surface area (Å²) in [5.41, 5.74) is 2.19. The normalized spacial score (nSPS) is 16.3. The Kier molecular flexibility index (Phi) is 10.1. The molecule has 2 aromatic rings. The quantitative estimate of drug-likeness (QED) is 0.275. The van der Waals surface area contributed by atoms with Crippen molar-refractivity contribution in [2.75, 3.05) is 45.2 Å². The number of amides is 2. The molecule has 1 heterocycles. The van der Waals surface area contributed by atoms with Crippen molar-refractivity contribution in [3.05, 3.63) is 59.7 Å². The van der Waals surface area contributed by atoms with Crippen molar-refractivity contribution in [1.29, 1.82) is 0 Å². The number of likely N-dealkylation sites (N-methyl/N-ethyl adjacent to an activating group) is 1. The van der Waals surface area contributed by atoms with Crippen LogP contribution in [-0.4, -0.2) is 85.9 Å². The van der Waals surface area contributed by atoms with E-state index in [1.165, 1.54) is 0 Å². The van der Waals surface area contributed by atoms with Gasteiger partial charge in [-0.3, -0.25) is 10.1 Å². The second kappa shape index (κ2) is 13.3. The summed E-state index contributed by atoms with van der Waals surface area (Å²) in [7, 11) is 4.03. The number of aliphatic hydroxyl groups is 1. The van der Waals surface area contributed by atoms with Gasteiger partial charge in [0.2, 0.25) is 6.35 Å². The zero-order valence-electron chi connectivity index (χ0n) is 22.0. The standard InChI is InChI=1S/C27H39N5O5/c1-18(2)17-32-22-11-10-20(15-24(22)37-26(32)28-12-13-31(3)4)25(34)29-16-23(33)21(30-27(35)36)14-19-8-6-5-7-9-19/h5-11,15,18,21,23,26,28,30,33H,12-14,16-17H2,1-4H3,(H,29,34)(H,35,36)/t21-,23-,26?/m0/s1. The van der Waals surface area contributed by atoms with E-state index in [2.05, 4.69) is 39.6 Å². The van der Waals surface area contributed by atoms with Crippen LogP contribution in [0.2, 0.25) is 0 Å². The minimum atomic E-state index is -1.23. The number of benzene rings is 2. The molecule has 1 unspecified atom stereocenters. The molecule has 3 rings (SSSR count). The molecule has 37 heavy (non-hydrogen) atoms. The van der Waals surface area contributed by atoms with Gasteiger partial charge in [-0.1, -0.05) is 44.2 Å². The van der Waals surface area contributed by atoms with Crippen molar-refractivity contribution in [1.82, 2.24) is 20.9 Å². The second-order valence-corrected chi connectivity index (χ2v) is 9.98. The van der Waals surface area contributed by atoms with Crippen molar-refractivity contribution in [2.45, 2.75) is 38.8 Å². The lowest BCUT2D eigenvalue weighted by Gasteiger charge is -2.28. The van der Waals surface area contributed by atoms with E-state index < -0.39 is 18.2 Å². The summed E-state index contributed by atoms with van der Waals surface area (Å²) in [4.78, 5) is 28.4. The monoisotopic (exact) mass is 513 g/mol. The molecule has 10 nitrogen and oxygen atoms in total. The number of ether oxygens (including phenoxy) is 1. The SMILES string of the molecule is CC(C)CN1c2ccc(C(=O)NC[C@H](O)[C@H](Cc3ccccc3)NC(=O)O)cc2OC1NCCN(C)C. The van der Waals surface area contributed by atoms with Crippen LogP contribution in [0.4, 0.5) is 10.5 Å². The van der Waals surface area contributed by atoms with Crippen LogP contribution in [0.5, 0.6) is 5.75 Å². The highest BCUT2D eigenvalue weighted by Gasteiger charge is 2.32. The van der Waals surface area contributed by atoms with E-state index in [4.69, 9.17) is 4.74 Å². The molecule has 0 aromatic heterocycles. The Hall–Kier alpha value is -3.34. The fourth-order valence-corrected chi connectivity index (χ4v) is 4.20. The average molecular weight is 514 g/mol. The number of carbonyl (C=O) groups is 2. The highest BCUT2D eigenvalue weighted by molar-refractivity contribution is 5.95. The number of nitrogens with one attached hydrogen (secondary N) is 3. The molecule has 10 heteroatoms. The minimum Gasteiger partial charge on any atom is -0.465 e. The fraction of sp³-hybridized carbons (Fsp3) is 0.481. The van der Waals surface area contributed by atoms with E-state index in [9.17, 15) is 19.8 Å². The predicted molar refractivity (Wildman–Crippen MR) is 143 cm³/mol. The van der Waals surface area contributed by atoms with Crippen LogP contribution in [0.1, 0.15) is 29.8 Å². The van der Waals surface area contributed by atoms with Crippen LogP contribution in [0.25, 0.3) is 0 Å². The molecule has 0 bridgehead atoms. The van der Waals surface area contributed by atoms with Crippen LogP contribution in [0.15, 0.2) is 48.5 Å². The summed E-state index contributed by atoms with van der Waals surface area (Å²) in [5, 5.41) is 28.4. The van der Waals surface area contributed by atoms with Crippen molar-refractivity contribution in [3.63, 3.8) is 0 Å². The summed E-state index contributed by atoms with van der Waals surface area (Å²) in [6.07, 6.45) is -2.37. The molecule has 1 aliphatic rings. The van der Waals surface area contributed by atoms with E-state index in [-0.39, 0.29) is 18.8 Å². The molecule has 0 fully saturated rings. The van der Waals surface area contributed by atoms with Gasteiger partial charge in [0.1, 0.15) is 5.75 Å². The molecule has 3 atom stereocenters. The van der Waals surface area contributed by atoms with Gasteiger partial charge in [-0.15, -0.1) is 0 Å². The van der Waals surface area contributed by atoms with Gasteiger partial charge in [0.05, 0.1) is 17.8 Å². The van der Waals surface area contributed by atoms with Crippen molar-refractivity contribution in [2.24, 2.45) is 5.92 Å². The first kappa shape index (κ1) is 28.2. The molecular weight excluding hydrogens is 474 g/mol. The summed E-state index contributed by atoms with van der Waals surface area (Å²) < 4.78 is 6.16. The number of carboxylic acid groups (broad SMARTS) is 1. The second-order valence-electron chi connectivity index (χ2n) is 9.98. The third kappa shape index (κ3) is 8.34. The minimum absolute atomic E-state index is 0.108. The molecule has 0 radical (unpaired) electrons. The molecule has 202 valence electrons. The van der Waals surface area contributed by atoms with Gasteiger partial charge >= 0.3 is 6.09 Å². The number of hydrogen-bond donors (Lipinski definition) is 5. The number of aliphatic hydroxyl groups excluding tert-OH is 1. The maximum atomic E-state index is 12.9. The van der Waals surface area contributed by atoms with E-state index >= 15 is 0 Å². The molecule has 2 amide bonds. The summed E-state index contributed by atoms with van der Waals surface area (Å²) in [5.74, 6) is 0.657. The van der Waals surface area contributed by atoms with E-state index in [1.54, 1.807) is 12.1 Å². The van der Waals surface area contributed by atoms with E-state index in [0.29, 0.717) is 23.7 Å². The Morgan fingerprint density at radius 2 is 1.86 bits per heavy atom. The van der Waals surface area contributed by atoms with Gasteiger partial charge in [0.15, 0.2) is 0 Å². The van der Waals surface area contributed by atoms with Gasteiger partial charge in [-0.05, 0) is 50.2 Å². The topological polar surface area (TPSA) is 126 Å². The molecule has 0 saturated heterocycles. The third-order valence-electron chi connectivity index (χ3n) is 6.04. The third-order valence-corrected chi connectivity index (χ3v) is 6.04. The summed E-state index contributed by atoms with van der Waals surface area (Å²) in [6, 6.07) is 13.8. The first-order valence-electron chi connectivity index (χ1n) is 12.6. The van der Waals surface area contributed by atoms with Crippen LogP contribution in [0.3, 0.4) is 0 Å². The molecule has 2 aromatic carbocycles. The highest BCUT2D eigenvalue weighted by Crippen LogP contribution is 2.37. The van der Waals surface area contributed by atoms with E-state index in [0.717, 1.165) is 30.9 Å². The Balaban J connectivity index is 1.64. The maximum absolute atomic E-state index is 12.9. The number of fused-ring (bicyclic) bond motifs is 1. The first-order chi connectivity index (χ1) is 17.6. The van der Waals surface area contributed by atoms with Crippen LogP contribution in [0, 0.1) is 5.92 Å². The van der Waals surface area contributed by atoms with Crippen LogP contribution >= 0.6 is 0 Å². The van der Waals surface area contributed by atoms with Crippen molar-refractivity contribution >= 4 is 17.7 Å². The van der Waals surface area contributed by atoms with Gasteiger partial charge < -0.3 is 35.4 Å². The Morgan fingerprint density at radius 1 is 1.14 bits per heavy atom. The molecule has 1 aliphatic heterocycles. The highest BCUT2D eigenvalue weighted by atomic mass is 16.5. The Morgan fingerprint density at radius 3 is 2.51 bits per heavy atom. The molecule has 0 aliphatic carbocycles. The number of anilines is 1. The number of hydrogen-bond acceptors (Lipinski definition) is 7. The van der Waals surface area contributed by atoms with Crippen LogP contribution < -0.4 is 25.6 Å². The van der Waals surface area contributed by atoms with Gasteiger partial charge in [-0.2, -0.15) is 0 Å². The van der Waals surface area contributed by atoms with Crippen LogP contribution in [-0.2, 0) is 6.42 Å². The van der Waals surface area contributed by atoms with Gasteiger partial charge in [0, 0.05) is 31.7 Å². The molecule has 0 saturated carbocycles. The van der Waals surface area contributed by atoms with Crippen molar-refractivity contribution in [3.8, 4) is 5.75 Å². The summed E-state index contributed by atoms with van der Waals surface area (Å²) >= 11 is 0. The Labute approximate surface area is 218 Å². The number of rotatable bonds is 13. The van der Waals surface area contributed by atoms with Gasteiger partial charge in [0.25, 0.3) is 5.91 Å². The average Bonchev–Trinajstić information content (AvgIpc) is 3.17. The van der Waals surface area contributed by atoms with E-state index in [1.807, 2.05) is 50.5 Å². The lowest BCUT2D eigenvalue weighted by Crippen LogP contribution is -2.49. The lowest BCUT2D eigenvalue weighted by molar-refractivity contribution is 0.0873. The number of nitrogens with zero attached hydrogens (tertiary/aromatic N) is 2. The zero-order valence-corrected chi connectivity index (χ0v) is 22.0. The Bertz CT molecular complexity index is 1030. The predicted octanol–water partition coefficient (Wildman–Crippen LogP) is 1.95. The molecular formula is C27H39N5O5. The van der Waals surface area contributed by atoms with Crippen molar-refractivity contribution < 1.29 is 24.5 Å². The zero-order chi connectivity index (χ0) is 26.9. The largest absolute Gasteiger partial charge is 0.465 e. The summed E-state index contributed by atoms with van der Waals surface area (Å²) in [6.45, 7) is 6.59. The fourth-order valence-electron chi connectivity index (χ4n) is 4.20. The van der Waals surface area contributed by atoms with Gasteiger partial charge in [-0.25, -0.2) is 4.79 Å². The maximum Gasteiger partial charge on any atom is 0.404 e. The lowest BCUT2D eigenvalue weighted by atomic mass is 10.0. The smallest absolute Gasteiger partial charge is 0.404 e. The molecule has 0 spiro atoms. The number of carbonyl (C=O) groups excluding carboxylic acids is 1.